The van der Waals surface area contributed by atoms with Gasteiger partial charge in [0.25, 0.3) is 0 Å². The molecule has 6 heteroatoms. The third-order valence-corrected chi connectivity index (χ3v) is 4.91. The van der Waals surface area contributed by atoms with Gasteiger partial charge in [0.1, 0.15) is 17.4 Å². The SMILES string of the molecule is COCC(C)ONC(=O)CCCCC(O)c1ccc(-c2cc3ccccc3o2)cc1. The number of para-hydroxylation sites is 1. The Balaban J connectivity index is 1.42. The van der Waals surface area contributed by atoms with Crippen molar-refractivity contribution in [3.63, 3.8) is 0 Å². The van der Waals surface area contributed by atoms with E-state index in [1.165, 1.54) is 0 Å². The van der Waals surface area contributed by atoms with Crippen molar-refractivity contribution in [2.75, 3.05) is 13.7 Å². The van der Waals surface area contributed by atoms with Gasteiger partial charge < -0.3 is 14.3 Å². The van der Waals surface area contributed by atoms with E-state index in [0.717, 1.165) is 34.3 Å². The molecule has 2 N–H and O–H groups in total. The lowest BCUT2D eigenvalue weighted by atomic mass is 10.0. The summed E-state index contributed by atoms with van der Waals surface area (Å²) in [6.07, 6.45) is 1.63. The average Bonchev–Trinajstić information content (AvgIpc) is 3.20. The van der Waals surface area contributed by atoms with Crippen molar-refractivity contribution in [1.29, 1.82) is 0 Å². The maximum Gasteiger partial charge on any atom is 0.243 e. The number of hydrogen-bond donors (Lipinski definition) is 2. The fraction of sp³-hybridized carbons (Fsp3) is 0.375. The molecule has 0 spiro atoms. The van der Waals surface area contributed by atoms with Crippen LogP contribution < -0.4 is 5.48 Å². The van der Waals surface area contributed by atoms with E-state index >= 15 is 0 Å². The van der Waals surface area contributed by atoms with Crippen molar-refractivity contribution >= 4 is 16.9 Å². The number of ether oxygens (including phenoxy) is 1. The van der Waals surface area contributed by atoms with Crippen molar-refractivity contribution in [1.82, 2.24) is 5.48 Å². The normalized spacial score (nSPS) is 13.3. The standard InChI is InChI=1S/C24H29NO5/c1-17(16-28-2)30-25-24(27)10-6-4-8-21(26)18-11-13-19(14-12-18)23-15-20-7-3-5-9-22(20)29-23/h3,5,7,9,11-15,17,21,26H,4,6,8,10,16H2,1-2H3,(H,25,27). The van der Waals surface area contributed by atoms with Crippen molar-refractivity contribution in [3.8, 4) is 11.3 Å². The Labute approximate surface area is 176 Å². The van der Waals surface area contributed by atoms with Gasteiger partial charge in [-0.1, -0.05) is 48.9 Å². The van der Waals surface area contributed by atoms with E-state index in [9.17, 15) is 9.90 Å². The van der Waals surface area contributed by atoms with Gasteiger partial charge in [0.15, 0.2) is 0 Å². The molecule has 2 aromatic carbocycles. The smallest absolute Gasteiger partial charge is 0.243 e. The van der Waals surface area contributed by atoms with Crippen molar-refractivity contribution < 1.29 is 23.9 Å². The number of carbonyl (C=O) groups is 1. The number of rotatable bonds is 11. The molecule has 3 aromatic rings. The highest BCUT2D eigenvalue weighted by atomic mass is 16.7. The molecule has 0 aliphatic heterocycles. The Morgan fingerprint density at radius 3 is 2.63 bits per heavy atom. The van der Waals surface area contributed by atoms with Crippen molar-refractivity contribution in [3.05, 3.63) is 60.2 Å². The number of methoxy groups -OCH3 is 1. The Bertz CT molecular complexity index is 901. The third-order valence-electron chi connectivity index (χ3n) is 4.91. The van der Waals surface area contributed by atoms with Crippen LogP contribution in [0.3, 0.4) is 0 Å². The molecule has 0 saturated heterocycles. The van der Waals surface area contributed by atoms with Crippen LogP contribution in [0.2, 0.25) is 0 Å². The highest BCUT2D eigenvalue weighted by molar-refractivity contribution is 5.82. The molecule has 6 nitrogen and oxygen atoms in total. The van der Waals surface area contributed by atoms with E-state index < -0.39 is 6.10 Å². The minimum absolute atomic E-state index is 0.164. The zero-order chi connectivity index (χ0) is 21.3. The van der Waals surface area contributed by atoms with Gasteiger partial charge >= 0.3 is 0 Å². The second-order valence-corrected chi connectivity index (χ2v) is 7.44. The maximum atomic E-state index is 11.8. The Morgan fingerprint density at radius 2 is 1.90 bits per heavy atom. The van der Waals surface area contributed by atoms with E-state index in [-0.39, 0.29) is 12.0 Å². The molecule has 2 atom stereocenters. The number of benzene rings is 2. The number of carbonyl (C=O) groups excluding carboxylic acids is 1. The number of amides is 1. The molecule has 3 rings (SSSR count). The van der Waals surface area contributed by atoms with E-state index in [4.69, 9.17) is 14.0 Å². The monoisotopic (exact) mass is 411 g/mol. The molecule has 2 unspecified atom stereocenters. The number of nitrogens with one attached hydrogen (secondary N) is 1. The first-order chi connectivity index (χ1) is 14.6. The summed E-state index contributed by atoms with van der Waals surface area (Å²) in [5.41, 5.74) is 5.12. The summed E-state index contributed by atoms with van der Waals surface area (Å²) in [7, 11) is 1.58. The molecule has 0 saturated carbocycles. The van der Waals surface area contributed by atoms with Crippen LogP contribution in [0.25, 0.3) is 22.3 Å². The second-order valence-electron chi connectivity index (χ2n) is 7.44. The van der Waals surface area contributed by atoms with Gasteiger partial charge in [-0.05, 0) is 37.5 Å². The molecule has 30 heavy (non-hydrogen) atoms. The Morgan fingerprint density at radius 1 is 1.13 bits per heavy atom. The summed E-state index contributed by atoms with van der Waals surface area (Å²) < 4.78 is 10.8. The fourth-order valence-corrected chi connectivity index (χ4v) is 3.27. The number of aliphatic hydroxyl groups is 1. The summed E-state index contributed by atoms with van der Waals surface area (Å²) in [5.74, 6) is 0.646. The molecule has 1 amide bonds. The van der Waals surface area contributed by atoms with Gasteiger partial charge in [-0.2, -0.15) is 0 Å². The van der Waals surface area contributed by atoms with Crippen LogP contribution in [0.5, 0.6) is 0 Å². The van der Waals surface area contributed by atoms with Crippen molar-refractivity contribution in [2.45, 2.75) is 44.8 Å². The van der Waals surface area contributed by atoms with Gasteiger partial charge in [0, 0.05) is 24.5 Å². The van der Waals surface area contributed by atoms with Crippen LogP contribution in [0.1, 0.15) is 44.3 Å². The molecule has 1 aromatic heterocycles. The minimum atomic E-state index is -0.559. The van der Waals surface area contributed by atoms with Gasteiger partial charge in [-0.3, -0.25) is 9.63 Å². The van der Waals surface area contributed by atoms with Crippen LogP contribution in [0.15, 0.2) is 59.0 Å². The fourth-order valence-electron chi connectivity index (χ4n) is 3.27. The lowest BCUT2D eigenvalue weighted by Gasteiger charge is -2.13. The first-order valence-electron chi connectivity index (χ1n) is 10.3. The molecule has 0 radical (unpaired) electrons. The van der Waals surface area contributed by atoms with E-state index in [2.05, 4.69) is 5.48 Å². The number of aliphatic hydroxyl groups excluding tert-OH is 1. The lowest BCUT2D eigenvalue weighted by Crippen LogP contribution is -2.30. The summed E-state index contributed by atoms with van der Waals surface area (Å²) in [6.45, 7) is 2.24. The number of unbranched alkanes of at least 4 members (excludes halogenated alkanes) is 1. The molecule has 0 aliphatic rings. The molecule has 0 aliphatic carbocycles. The summed E-state index contributed by atoms with van der Waals surface area (Å²) in [6, 6.07) is 17.7. The maximum absolute atomic E-state index is 11.8. The van der Waals surface area contributed by atoms with E-state index in [1.807, 2.05) is 61.5 Å². The van der Waals surface area contributed by atoms with Gasteiger partial charge in [-0.15, -0.1) is 0 Å². The van der Waals surface area contributed by atoms with Gasteiger partial charge in [-0.25, -0.2) is 5.48 Å². The molecular formula is C24H29NO5. The predicted molar refractivity (Wildman–Crippen MR) is 116 cm³/mol. The lowest BCUT2D eigenvalue weighted by molar-refractivity contribution is -0.140. The van der Waals surface area contributed by atoms with E-state index in [1.54, 1.807) is 7.11 Å². The Hall–Kier alpha value is -2.67. The van der Waals surface area contributed by atoms with Gasteiger partial charge in [0.2, 0.25) is 5.91 Å². The number of hydrogen-bond acceptors (Lipinski definition) is 5. The van der Waals surface area contributed by atoms with Gasteiger partial charge in [0.05, 0.1) is 12.7 Å². The first-order valence-corrected chi connectivity index (χ1v) is 10.3. The average molecular weight is 411 g/mol. The predicted octanol–water partition coefficient (Wildman–Crippen LogP) is 4.78. The zero-order valence-corrected chi connectivity index (χ0v) is 17.5. The largest absolute Gasteiger partial charge is 0.456 e. The molecular weight excluding hydrogens is 382 g/mol. The van der Waals surface area contributed by atoms with Crippen LogP contribution in [0.4, 0.5) is 0 Å². The zero-order valence-electron chi connectivity index (χ0n) is 17.5. The topological polar surface area (TPSA) is 80.9 Å². The Kier molecular flexibility index (Phi) is 8.02. The highest BCUT2D eigenvalue weighted by Gasteiger charge is 2.11. The number of furan rings is 1. The molecule has 1 heterocycles. The minimum Gasteiger partial charge on any atom is -0.456 e. The quantitative estimate of drug-likeness (QED) is 0.351. The van der Waals surface area contributed by atoms with Crippen LogP contribution in [-0.2, 0) is 14.4 Å². The number of hydroxylamine groups is 1. The van der Waals surface area contributed by atoms with Crippen molar-refractivity contribution in [2.24, 2.45) is 0 Å². The summed E-state index contributed by atoms with van der Waals surface area (Å²) in [5, 5.41) is 11.5. The van der Waals surface area contributed by atoms with E-state index in [0.29, 0.717) is 25.9 Å². The van der Waals surface area contributed by atoms with Crippen LogP contribution >= 0.6 is 0 Å². The van der Waals surface area contributed by atoms with Crippen LogP contribution in [0, 0.1) is 0 Å². The summed E-state index contributed by atoms with van der Waals surface area (Å²) in [4.78, 5) is 16.9. The summed E-state index contributed by atoms with van der Waals surface area (Å²) >= 11 is 0. The molecule has 0 bridgehead atoms. The molecule has 160 valence electrons. The second kappa shape index (κ2) is 10.9. The number of fused-ring (bicyclic) bond motifs is 1. The highest BCUT2D eigenvalue weighted by Crippen LogP contribution is 2.29. The first kappa shape index (κ1) is 22.0. The van der Waals surface area contributed by atoms with Crippen LogP contribution in [-0.4, -0.2) is 30.8 Å². The molecule has 0 fully saturated rings. The third kappa shape index (κ3) is 6.16.